The Labute approximate surface area is 188 Å². The average molecular weight is 458 g/mol. The van der Waals surface area contributed by atoms with Gasteiger partial charge in [0.05, 0.1) is 25.2 Å². The molecule has 0 spiro atoms. The normalized spacial score (nSPS) is 16.4. The highest BCUT2D eigenvalue weighted by molar-refractivity contribution is 7.92. The van der Waals surface area contributed by atoms with Crippen LogP contribution in [-0.2, 0) is 32.5 Å². The van der Waals surface area contributed by atoms with Crippen molar-refractivity contribution >= 4 is 27.5 Å². The molecular weight excluding hydrogens is 430 g/mol. The summed E-state index contributed by atoms with van der Waals surface area (Å²) < 4.78 is 31.3. The lowest BCUT2D eigenvalue weighted by Gasteiger charge is -2.31. The Morgan fingerprint density at radius 3 is 2.25 bits per heavy atom. The summed E-state index contributed by atoms with van der Waals surface area (Å²) in [5.74, 6) is -0.368. The predicted molar refractivity (Wildman–Crippen MR) is 121 cm³/mol. The van der Waals surface area contributed by atoms with Gasteiger partial charge in [0.25, 0.3) is 5.91 Å². The molecule has 4 rings (SSSR count). The fourth-order valence-corrected chi connectivity index (χ4v) is 4.90. The molecule has 2 aliphatic heterocycles. The quantitative estimate of drug-likeness (QED) is 0.679. The van der Waals surface area contributed by atoms with Gasteiger partial charge in [0, 0.05) is 31.7 Å². The van der Waals surface area contributed by atoms with Gasteiger partial charge < -0.3 is 14.5 Å². The van der Waals surface area contributed by atoms with E-state index in [1.807, 2.05) is 18.2 Å². The number of carbonyl (C=O) groups is 2. The van der Waals surface area contributed by atoms with Crippen molar-refractivity contribution < 1.29 is 22.7 Å². The van der Waals surface area contributed by atoms with Crippen molar-refractivity contribution in [3.8, 4) is 0 Å². The third-order valence-corrected chi connectivity index (χ3v) is 7.00. The van der Waals surface area contributed by atoms with E-state index in [2.05, 4.69) is 6.07 Å². The summed E-state index contributed by atoms with van der Waals surface area (Å²) in [6, 6.07) is 14.3. The third-order valence-electron chi connectivity index (χ3n) is 5.86. The maximum atomic E-state index is 13.0. The first-order valence-corrected chi connectivity index (χ1v) is 12.5. The van der Waals surface area contributed by atoms with E-state index in [0.717, 1.165) is 22.5 Å². The van der Waals surface area contributed by atoms with Gasteiger partial charge in [0.1, 0.15) is 6.54 Å². The Hall–Kier alpha value is -2.91. The van der Waals surface area contributed by atoms with Crippen molar-refractivity contribution in [3.05, 3.63) is 65.2 Å². The van der Waals surface area contributed by atoms with Crippen molar-refractivity contribution in [2.45, 2.75) is 13.0 Å². The molecule has 0 aliphatic carbocycles. The van der Waals surface area contributed by atoms with E-state index < -0.39 is 10.0 Å². The molecule has 0 unspecified atom stereocenters. The molecule has 0 saturated carbocycles. The molecule has 0 N–H and O–H groups in total. The number of amides is 2. The molecule has 2 aromatic rings. The number of carbonyl (C=O) groups excluding carboxylic acids is 2. The van der Waals surface area contributed by atoms with E-state index in [1.54, 1.807) is 34.1 Å². The van der Waals surface area contributed by atoms with Crippen LogP contribution in [0, 0.1) is 0 Å². The molecule has 0 aromatic heterocycles. The average Bonchev–Trinajstić information content (AvgIpc) is 2.81. The minimum atomic E-state index is -3.69. The summed E-state index contributed by atoms with van der Waals surface area (Å²) in [6.07, 6.45) is 1.83. The molecule has 2 amide bonds. The van der Waals surface area contributed by atoms with Gasteiger partial charge in [0.2, 0.25) is 15.9 Å². The molecule has 0 radical (unpaired) electrons. The standard InChI is InChI=1S/C23H27N3O5S/c1-32(29,30)26(17-22(27)25-11-10-18-4-2-3-5-20(18)16-25)21-8-6-19(7-9-21)23(28)24-12-14-31-15-13-24/h2-9H,10-17H2,1H3. The van der Waals surface area contributed by atoms with Crippen LogP contribution in [0.3, 0.4) is 0 Å². The van der Waals surface area contributed by atoms with Crippen LogP contribution in [0.4, 0.5) is 5.69 Å². The Balaban J connectivity index is 1.48. The van der Waals surface area contributed by atoms with E-state index in [0.29, 0.717) is 50.6 Å². The first kappa shape index (κ1) is 22.3. The third kappa shape index (κ3) is 4.94. The molecule has 0 atom stereocenters. The molecule has 170 valence electrons. The van der Waals surface area contributed by atoms with Crippen molar-refractivity contribution in [1.29, 1.82) is 0 Å². The zero-order valence-corrected chi connectivity index (χ0v) is 18.9. The van der Waals surface area contributed by atoms with Crippen molar-refractivity contribution in [2.24, 2.45) is 0 Å². The van der Waals surface area contributed by atoms with Gasteiger partial charge in [-0.2, -0.15) is 0 Å². The van der Waals surface area contributed by atoms with Crippen LogP contribution in [0.1, 0.15) is 21.5 Å². The largest absolute Gasteiger partial charge is 0.378 e. The molecular formula is C23H27N3O5S. The fraction of sp³-hybridized carbons (Fsp3) is 0.391. The van der Waals surface area contributed by atoms with Crippen molar-refractivity contribution in [2.75, 3.05) is 50.0 Å². The summed E-state index contributed by atoms with van der Waals surface area (Å²) in [4.78, 5) is 29.0. The number of benzene rings is 2. The minimum Gasteiger partial charge on any atom is -0.378 e. The molecule has 9 heteroatoms. The summed E-state index contributed by atoms with van der Waals surface area (Å²) in [7, 11) is -3.69. The monoisotopic (exact) mass is 457 g/mol. The number of nitrogens with zero attached hydrogens (tertiary/aromatic N) is 3. The molecule has 32 heavy (non-hydrogen) atoms. The van der Waals surface area contributed by atoms with E-state index in [9.17, 15) is 18.0 Å². The van der Waals surface area contributed by atoms with Crippen molar-refractivity contribution in [3.63, 3.8) is 0 Å². The number of fused-ring (bicyclic) bond motifs is 1. The fourth-order valence-electron chi connectivity index (χ4n) is 4.05. The maximum absolute atomic E-state index is 13.0. The Morgan fingerprint density at radius 2 is 1.59 bits per heavy atom. The molecule has 1 fully saturated rings. The minimum absolute atomic E-state index is 0.117. The molecule has 2 aromatic carbocycles. The lowest BCUT2D eigenvalue weighted by atomic mass is 10.00. The number of hydrogen-bond donors (Lipinski definition) is 0. The summed E-state index contributed by atoms with van der Waals surface area (Å²) in [5.41, 5.74) is 3.14. The predicted octanol–water partition coefficient (Wildman–Crippen LogP) is 1.51. The molecule has 2 heterocycles. The van der Waals surface area contributed by atoms with Gasteiger partial charge in [-0.3, -0.25) is 13.9 Å². The molecule has 1 saturated heterocycles. The second-order valence-corrected chi connectivity index (χ2v) is 9.96. The number of hydrogen-bond acceptors (Lipinski definition) is 5. The smallest absolute Gasteiger partial charge is 0.254 e. The Morgan fingerprint density at radius 1 is 0.938 bits per heavy atom. The lowest BCUT2D eigenvalue weighted by Crippen LogP contribution is -2.44. The van der Waals surface area contributed by atoms with Gasteiger partial charge >= 0.3 is 0 Å². The van der Waals surface area contributed by atoms with E-state index >= 15 is 0 Å². The highest BCUT2D eigenvalue weighted by atomic mass is 32.2. The number of sulfonamides is 1. The lowest BCUT2D eigenvalue weighted by molar-refractivity contribution is -0.130. The van der Waals surface area contributed by atoms with Crippen LogP contribution in [0.2, 0.25) is 0 Å². The van der Waals surface area contributed by atoms with Gasteiger partial charge in [0.15, 0.2) is 0 Å². The molecule has 2 aliphatic rings. The Bertz CT molecular complexity index is 1090. The molecule has 8 nitrogen and oxygen atoms in total. The molecule has 0 bridgehead atoms. The van der Waals surface area contributed by atoms with Gasteiger partial charge in [-0.25, -0.2) is 8.42 Å². The topological polar surface area (TPSA) is 87.2 Å². The van der Waals surface area contributed by atoms with Crippen LogP contribution in [0.15, 0.2) is 48.5 Å². The first-order chi connectivity index (χ1) is 15.3. The van der Waals surface area contributed by atoms with Gasteiger partial charge in [-0.15, -0.1) is 0 Å². The SMILES string of the molecule is CS(=O)(=O)N(CC(=O)N1CCc2ccccc2C1)c1ccc(C(=O)N2CCOCC2)cc1. The second-order valence-electron chi connectivity index (χ2n) is 8.06. The van der Waals surface area contributed by atoms with Crippen LogP contribution in [0.5, 0.6) is 0 Å². The van der Waals surface area contributed by atoms with Gasteiger partial charge in [-0.1, -0.05) is 24.3 Å². The number of anilines is 1. The van der Waals surface area contributed by atoms with Crippen LogP contribution in [-0.4, -0.2) is 75.7 Å². The number of ether oxygens (including phenoxy) is 1. The maximum Gasteiger partial charge on any atom is 0.254 e. The highest BCUT2D eigenvalue weighted by Gasteiger charge is 2.27. The van der Waals surface area contributed by atoms with Gasteiger partial charge in [-0.05, 0) is 41.8 Å². The van der Waals surface area contributed by atoms with E-state index in [4.69, 9.17) is 4.74 Å². The summed E-state index contributed by atoms with van der Waals surface area (Å²) in [5, 5.41) is 0. The first-order valence-electron chi connectivity index (χ1n) is 10.6. The number of morpholine rings is 1. The Kier molecular flexibility index (Phi) is 6.48. The highest BCUT2D eigenvalue weighted by Crippen LogP contribution is 2.22. The summed E-state index contributed by atoms with van der Waals surface area (Å²) >= 11 is 0. The number of rotatable bonds is 5. The van der Waals surface area contributed by atoms with Crippen LogP contribution >= 0.6 is 0 Å². The zero-order valence-electron chi connectivity index (χ0n) is 18.1. The van der Waals surface area contributed by atoms with E-state index in [-0.39, 0.29) is 18.4 Å². The van der Waals surface area contributed by atoms with Crippen LogP contribution < -0.4 is 4.31 Å². The zero-order chi connectivity index (χ0) is 22.7. The second kappa shape index (κ2) is 9.30. The van der Waals surface area contributed by atoms with Crippen molar-refractivity contribution in [1.82, 2.24) is 9.80 Å². The summed E-state index contributed by atoms with van der Waals surface area (Å²) in [6.45, 7) is 2.83. The van der Waals surface area contributed by atoms with Crippen LogP contribution in [0.25, 0.3) is 0 Å². The van der Waals surface area contributed by atoms with E-state index in [1.165, 1.54) is 5.56 Å².